The Kier molecular flexibility index (Phi) is 9.58. The number of carbonyl (C=O) groups excluding carboxylic acids is 1. The molecule has 0 aliphatic heterocycles. The van der Waals surface area contributed by atoms with Crippen LogP contribution >= 0.6 is 11.6 Å². The van der Waals surface area contributed by atoms with Gasteiger partial charge in [-0.2, -0.15) is 0 Å². The van der Waals surface area contributed by atoms with E-state index < -0.39 is 18.2 Å². The molecule has 2 rings (SSSR count). The zero-order valence-electron chi connectivity index (χ0n) is 17.8. The number of halogens is 1. The first kappa shape index (κ1) is 24.9. The zero-order chi connectivity index (χ0) is 22.9. The van der Waals surface area contributed by atoms with Crippen LogP contribution in [0.5, 0.6) is 11.5 Å². The van der Waals surface area contributed by atoms with Crippen molar-refractivity contribution in [1.82, 2.24) is 0 Å². The molecular formula is C23H30ClNO6. The topological polar surface area (TPSA) is 111 Å². The van der Waals surface area contributed by atoms with Crippen LogP contribution in [0.25, 0.3) is 0 Å². The van der Waals surface area contributed by atoms with E-state index in [0.29, 0.717) is 11.5 Å². The number of benzene rings is 2. The maximum atomic E-state index is 11.0. The van der Waals surface area contributed by atoms with Gasteiger partial charge in [0.1, 0.15) is 43.5 Å². The van der Waals surface area contributed by atoms with Crippen molar-refractivity contribution in [3.8, 4) is 11.5 Å². The second-order valence-corrected chi connectivity index (χ2v) is 7.95. The molecule has 170 valence electrons. The molecule has 7 nitrogen and oxygen atoms in total. The summed E-state index contributed by atoms with van der Waals surface area (Å²) in [5.74, 6) is 0.831. The molecule has 8 heteroatoms. The van der Waals surface area contributed by atoms with Crippen LogP contribution in [0.4, 0.5) is 0 Å². The summed E-state index contributed by atoms with van der Waals surface area (Å²) < 4.78 is 15.9. The zero-order valence-corrected chi connectivity index (χ0v) is 18.5. The Balaban J connectivity index is 1.93. The summed E-state index contributed by atoms with van der Waals surface area (Å²) in [6.45, 7) is 4.00. The predicted octanol–water partition coefficient (Wildman–Crippen LogP) is 2.23. The monoisotopic (exact) mass is 451 g/mol. The van der Waals surface area contributed by atoms with Gasteiger partial charge >= 0.3 is 5.97 Å². The van der Waals surface area contributed by atoms with Crippen LogP contribution in [0.2, 0.25) is 0 Å². The summed E-state index contributed by atoms with van der Waals surface area (Å²) in [6.07, 6.45) is -1.63. The summed E-state index contributed by atoms with van der Waals surface area (Å²) in [5.41, 5.74) is 7.07. The van der Waals surface area contributed by atoms with Crippen LogP contribution in [-0.4, -0.2) is 60.6 Å². The maximum absolute atomic E-state index is 11.0. The summed E-state index contributed by atoms with van der Waals surface area (Å²) in [5, 5.41) is 19.3. The molecule has 0 aliphatic carbocycles. The largest absolute Gasteiger partial charge is 0.491 e. The molecule has 0 fully saturated rings. The lowest BCUT2D eigenvalue weighted by molar-refractivity contribution is -0.145. The molecule has 2 aromatic carbocycles. The number of esters is 1. The third-order valence-electron chi connectivity index (χ3n) is 4.82. The highest BCUT2D eigenvalue weighted by molar-refractivity contribution is 6.18. The number of rotatable bonds is 12. The van der Waals surface area contributed by atoms with E-state index >= 15 is 0 Å². The van der Waals surface area contributed by atoms with Gasteiger partial charge in [0.05, 0.1) is 12.4 Å². The third-order valence-corrected chi connectivity index (χ3v) is 5.17. The minimum Gasteiger partial charge on any atom is -0.491 e. The van der Waals surface area contributed by atoms with Gasteiger partial charge in [0.25, 0.3) is 0 Å². The molecule has 0 heterocycles. The number of aliphatic hydroxyl groups excluding tert-OH is 2. The molecule has 0 amide bonds. The number of ether oxygens (including phenoxy) is 3. The maximum Gasteiger partial charge on any atom is 0.319 e. The van der Waals surface area contributed by atoms with E-state index in [1.165, 1.54) is 0 Å². The normalized spacial score (nSPS) is 13.4. The molecule has 0 saturated heterocycles. The quantitative estimate of drug-likeness (QED) is 0.335. The van der Waals surface area contributed by atoms with Crippen LogP contribution in [0, 0.1) is 0 Å². The van der Waals surface area contributed by atoms with Gasteiger partial charge in [-0.05, 0) is 35.4 Å². The SMILES string of the molecule is CC(C)(c1ccc(OC[C@H](O)CCl)cc1)c1ccc(OC[C@H](O)COC(=O)CN)cc1. The molecule has 2 atom stereocenters. The molecule has 0 unspecified atom stereocenters. The van der Waals surface area contributed by atoms with E-state index in [4.69, 9.17) is 31.5 Å². The average molecular weight is 452 g/mol. The molecule has 4 N–H and O–H groups in total. The van der Waals surface area contributed by atoms with Gasteiger partial charge in [0, 0.05) is 5.41 Å². The first-order valence-electron chi connectivity index (χ1n) is 10.0. The van der Waals surface area contributed by atoms with Gasteiger partial charge in [-0.1, -0.05) is 38.1 Å². The van der Waals surface area contributed by atoms with Crippen LogP contribution < -0.4 is 15.2 Å². The van der Waals surface area contributed by atoms with Crippen molar-refractivity contribution in [2.45, 2.75) is 31.5 Å². The second-order valence-electron chi connectivity index (χ2n) is 7.64. The molecule has 0 spiro atoms. The van der Waals surface area contributed by atoms with Gasteiger partial charge in [-0.3, -0.25) is 4.79 Å². The highest BCUT2D eigenvalue weighted by Gasteiger charge is 2.23. The van der Waals surface area contributed by atoms with Crippen molar-refractivity contribution >= 4 is 17.6 Å². The highest BCUT2D eigenvalue weighted by atomic mass is 35.5. The Morgan fingerprint density at radius 3 is 1.77 bits per heavy atom. The van der Waals surface area contributed by atoms with E-state index in [-0.39, 0.29) is 37.7 Å². The Morgan fingerprint density at radius 2 is 1.35 bits per heavy atom. The van der Waals surface area contributed by atoms with Gasteiger partial charge in [-0.25, -0.2) is 0 Å². The van der Waals surface area contributed by atoms with Crippen molar-refractivity contribution < 1.29 is 29.2 Å². The fraction of sp³-hybridized carbons (Fsp3) is 0.435. The fourth-order valence-corrected chi connectivity index (χ4v) is 2.92. The Bertz CT molecular complexity index is 810. The number of nitrogens with two attached hydrogens (primary N) is 1. The van der Waals surface area contributed by atoms with Crippen molar-refractivity contribution in [2.75, 3.05) is 32.2 Å². The summed E-state index contributed by atoms with van der Waals surface area (Å²) in [6, 6.07) is 15.3. The highest BCUT2D eigenvalue weighted by Crippen LogP contribution is 2.33. The molecule has 31 heavy (non-hydrogen) atoms. The number of hydrogen-bond acceptors (Lipinski definition) is 7. The molecule has 0 saturated carbocycles. The second kappa shape index (κ2) is 11.9. The third kappa shape index (κ3) is 7.70. The van der Waals surface area contributed by atoms with E-state index in [0.717, 1.165) is 11.1 Å². The van der Waals surface area contributed by atoms with Gasteiger partial charge in [0.15, 0.2) is 0 Å². The Hall–Kier alpha value is -2.32. The van der Waals surface area contributed by atoms with Crippen molar-refractivity contribution in [1.29, 1.82) is 0 Å². The average Bonchev–Trinajstić information content (AvgIpc) is 2.80. The van der Waals surface area contributed by atoms with Gasteiger partial charge < -0.3 is 30.2 Å². The number of aliphatic hydroxyl groups is 2. The number of hydrogen-bond donors (Lipinski definition) is 3. The standard InChI is InChI=1S/C23H30ClNO6/c1-23(2,16-3-7-20(8-4-16)29-13-18(26)11-24)17-5-9-21(10-6-17)30-14-19(27)15-31-22(28)12-25/h3-10,18-19,26-27H,11-15,25H2,1-2H3/t18-,19+/m1/s1. The number of carbonyl (C=O) groups is 1. The predicted molar refractivity (Wildman–Crippen MR) is 119 cm³/mol. The molecular weight excluding hydrogens is 422 g/mol. The lowest BCUT2D eigenvalue weighted by Gasteiger charge is -2.26. The summed E-state index contributed by atoms with van der Waals surface area (Å²) >= 11 is 5.57. The molecule has 2 aromatic rings. The smallest absolute Gasteiger partial charge is 0.319 e. The van der Waals surface area contributed by atoms with Crippen LogP contribution in [-0.2, 0) is 14.9 Å². The first-order valence-corrected chi connectivity index (χ1v) is 10.5. The van der Waals surface area contributed by atoms with Gasteiger partial charge in [-0.15, -0.1) is 11.6 Å². The Labute approximate surface area is 187 Å². The molecule has 0 aromatic heterocycles. The van der Waals surface area contributed by atoms with Crippen molar-refractivity contribution in [2.24, 2.45) is 5.73 Å². The summed E-state index contributed by atoms with van der Waals surface area (Å²) in [4.78, 5) is 11.0. The first-order chi connectivity index (χ1) is 14.8. The minimum absolute atomic E-state index is 0.000465. The van der Waals surface area contributed by atoms with E-state index in [1.54, 1.807) is 0 Å². The molecule has 0 radical (unpaired) electrons. The van der Waals surface area contributed by atoms with E-state index in [2.05, 4.69) is 13.8 Å². The number of alkyl halides is 1. The van der Waals surface area contributed by atoms with E-state index in [9.17, 15) is 15.0 Å². The van der Waals surface area contributed by atoms with Crippen LogP contribution in [0.3, 0.4) is 0 Å². The molecule has 0 aliphatic rings. The van der Waals surface area contributed by atoms with Crippen LogP contribution in [0.15, 0.2) is 48.5 Å². The lowest BCUT2D eigenvalue weighted by atomic mass is 9.78. The lowest BCUT2D eigenvalue weighted by Crippen LogP contribution is -2.27. The van der Waals surface area contributed by atoms with Gasteiger partial charge in [0.2, 0.25) is 0 Å². The minimum atomic E-state index is -0.932. The fourth-order valence-electron chi connectivity index (χ4n) is 2.83. The summed E-state index contributed by atoms with van der Waals surface area (Å²) in [7, 11) is 0. The molecule has 0 bridgehead atoms. The van der Waals surface area contributed by atoms with Crippen molar-refractivity contribution in [3.05, 3.63) is 59.7 Å². The Morgan fingerprint density at radius 1 is 0.903 bits per heavy atom. The van der Waals surface area contributed by atoms with Crippen molar-refractivity contribution in [3.63, 3.8) is 0 Å². The van der Waals surface area contributed by atoms with Crippen LogP contribution in [0.1, 0.15) is 25.0 Å². The van der Waals surface area contributed by atoms with E-state index in [1.807, 2.05) is 48.5 Å².